The number of hydrogen-bond donors (Lipinski definition) is 2. The number of amides is 2. The van der Waals surface area contributed by atoms with Gasteiger partial charge in [-0.15, -0.1) is 0 Å². The predicted molar refractivity (Wildman–Crippen MR) is 112 cm³/mol. The number of fused-ring (bicyclic) bond motifs is 1. The van der Waals surface area contributed by atoms with Crippen molar-refractivity contribution < 1.29 is 19.1 Å². The van der Waals surface area contributed by atoms with Crippen LogP contribution in [0.1, 0.15) is 5.56 Å². The van der Waals surface area contributed by atoms with Gasteiger partial charge in [-0.25, -0.2) is 0 Å². The number of ether oxygens (including phenoxy) is 2. The third kappa shape index (κ3) is 4.60. The zero-order valence-corrected chi connectivity index (χ0v) is 16.5. The van der Waals surface area contributed by atoms with Crippen molar-refractivity contribution in [3.8, 4) is 11.5 Å². The Kier molecular flexibility index (Phi) is 5.65. The first kappa shape index (κ1) is 19.5. The van der Waals surface area contributed by atoms with E-state index in [9.17, 15) is 9.59 Å². The highest BCUT2D eigenvalue weighted by atomic mass is 16.5. The molecule has 1 aliphatic heterocycles. The summed E-state index contributed by atoms with van der Waals surface area (Å²) in [5.41, 5.74) is 2.23. The van der Waals surface area contributed by atoms with Crippen molar-refractivity contribution in [1.29, 1.82) is 0 Å². The molecular weight excluding hydrogens is 384 g/mol. The van der Waals surface area contributed by atoms with E-state index in [-0.39, 0.29) is 24.3 Å². The molecule has 2 amide bonds. The molecule has 1 aliphatic rings. The lowest BCUT2D eigenvalue weighted by atomic mass is 9.96. The molecule has 0 bridgehead atoms. The molecule has 2 aromatic carbocycles. The van der Waals surface area contributed by atoms with E-state index in [1.54, 1.807) is 37.6 Å². The maximum absolute atomic E-state index is 12.6. The molecule has 4 rings (SSSR count). The molecule has 0 saturated heterocycles. The smallest absolute Gasteiger partial charge is 0.246 e. The Bertz CT molecular complexity index is 1050. The maximum Gasteiger partial charge on any atom is 0.246 e. The van der Waals surface area contributed by atoms with Gasteiger partial charge >= 0.3 is 0 Å². The Balaban J connectivity index is 1.30. The standard InChI is InChI=1S/C22H22N4O4/c1-29-19-8-6-17(7-9-19)24-21(27)13-26-12-18(11-23-26)25-22(28)16-10-15-4-2-3-5-20(15)30-14-16/h2-9,11-12,16H,10,13-14H2,1H3,(H,24,27)(H,25,28). The minimum atomic E-state index is -0.276. The molecule has 1 unspecified atom stereocenters. The first-order chi connectivity index (χ1) is 14.6. The summed E-state index contributed by atoms with van der Waals surface area (Å²) < 4.78 is 12.3. The summed E-state index contributed by atoms with van der Waals surface area (Å²) in [5.74, 6) is 0.913. The lowest BCUT2D eigenvalue weighted by Crippen LogP contribution is -2.32. The van der Waals surface area contributed by atoms with Gasteiger partial charge in [0.2, 0.25) is 11.8 Å². The van der Waals surface area contributed by atoms with E-state index < -0.39 is 0 Å². The second-order valence-electron chi connectivity index (χ2n) is 7.01. The van der Waals surface area contributed by atoms with Crippen molar-refractivity contribution in [1.82, 2.24) is 9.78 Å². The summed E-state index contributed by atoms with van der Waals surface area (Å²) in [6.45, 7) is 0.364. The monoisotopic (exact) mass is 406 g/mol. The molecule has 3 aromatic rings. The molecule has 2 N–H and O–H groups in total. The van der Waals surface area contributed by atoms with Crippen LogP contribution in [-0.2, 0) is 22.6 Å². The second-order valence-corrected chi connectivity index (χ2v) is 7.01. The van der Waals surface area contributed by atoms with Crippen LogP contribution in [0.3, 0.4) is 0 Å². The van der Waals surface area contributed by atoms with Gasteiger partial charge in [0, 0.05) is 11.9 Å². The number of carbonyl (C=O) groups excluding carboxylic acids is 2. The minimum absolute atomic E-state index is 0.0296. The van der Waals surface area contributed by atoms with Crippen molar-refractivity contribution in [2.24, 2.45) is 5.92 Å². The lowest BCUT2D eigenvalue weighted by Gasteiger charge is -2.24. The highest BCUT2D eigenvalue weighted by molar-refractivity contribution is 5.93. The average molecular weight is 406 g/mol. The number of para-hydroxylation sites is 1. The molecule has 0 radical (unpaired) electrons. The number of aromatic nitrogens is 2. The maximum atomic E-state index is 12.6. The largest absolute Gasteiger partial charge is 0.497 e. The van der Waals surface area contributed by atoms with E-state index in [1.807, 2.05) is 24.3 Å². The van der Waals surface area contributed by atoms with Crippen molar-refractivity contribution >= 4 is 23.2 Å². The lowest BCUT2D eigenvalue weighted by molar-refractivity contribution is -0.121. The number of hydrogen-bond acceptors (Lipinski definition) is 5. The third-order valence-electron chi connectivity index (χ3n) is 4.83. The number of nitrogens with one attached hydrogen (secondary N) is 2. The molecule has 2 heterocycles. The zero-order chi connectivity index (χ0) is 20.9. The quantitative estimate of drug-likeness (QED) is 0.656. The zero-order valence-electron chi connectivity index (χ0n) is 16.5. The van der Waals surface area contributed by atoms with Crippen LogP contribution in [0.2, 0.25) is 0 Å². The Labute approximate surface area is 173 Å². The third-order valence-corrected chi connectivity index (χ3v) is 4.83. The van der Waals surface area contributed by atoms with Crippen LogP contribution in [0, 0.1) is 5.92 Å². The van der Waals surface area contributed by atoms with Crippen LogP contribution in [0.4, 0.5) is 11.4 Å². The summed E-state index contributed by atoms with van der Waals surface area (Å²) in [6, 6.07) is 14.8. The molecule has 0 saturated carbocycles. The molecule has 0 spiro atoms. The van der Waals surface area contributed by atoms with E-state index in [0.717, 1.165) is 11.3 Å². The average Bonchev–Trinajstić information content (AvgIpc) is 3.20. The summed E-state index contributed by atoms with van der Waals surface area (Å²) in [7, 11) is 1.59. The van der Waals surface area contributed by atoms with Gasteiger partial charge < -0.3 is 20.1 Å². The van der Waals surface area contributed by atoms with Crippen LogP contribution in [0.15, 0.2) is 60.9 Å². The van der Waals surface area contributed by atoms with Crippen molar-refractivity contribution in [2.45, 2.75) is 13.0 Å². The molecule has 1 aromatic heterocycles. The Morgan fingerprint density at radius 1 is 1.13 bits per heavy atom. The Morgan fingerprint density at radius 2 is 1.93 bits per heavy atom. The van der Waals surface area contributed by atoms with E-state index in [0.29, 0.717) is 30.2 Å². The number of methoxy groups -OCH3 is 1. The van der Waals surface area contributed by atoms with Gasteiger partial charge in [0.1, 0.15) is 24.7 Å². The van der Waals surface area contributed by atoms with Crippen LogP contribution in [0.5, 0.6) is 11.5 Å². The van der Waals surface area contributed by atoms with E-state index >= 15 is 0 Å². The SMILES string of the molecule is COc1ccc(NC(=O)Cn2cc(NC(=O)C3COc4ccccc4C3)cn2)cc1. The molecule has 8 nitrogen and oxygen atoms in total. The fraction of sp³-hybridized carbons (Fsp3) is 0.227. The first-order valence-electron chi connectivity index (χ1n) is 9.58. The topological polar surface area (TPSA) is 94.5 Å². The van der Waals surface area contributed by atoms with Gasteiger partial charge in [-0.05, 0) is 42.3 Å². The normalized spacial score (nSPS) is 14.9. The Hall–Kier alpha value is -3.81. The second kappa shape index (κ2) is 8.69. The van der Waals surface area contributed by atoms with Gasteiger partial charge in [0.25, 0.3) is 0 Å². The molecule has 8 heteroatoms. The fourth-order valence-electron chi connectivity index (χ4n) is 3.28. The summed E-state index contributed by atoms with van der Waals surface area (Å²) in [4.78, 5) is 24.8. The number of carbonyl (C=O) groups is 2. The molecule has 0 aliphatic carbocycles. The summed E-state index contributed by atoms with van der Waals surface area (Å²) in [5, 5.41) is 9.79. The van der Waals surface area contributed by atoms with Gasteiger partial charge in [-0.1, -0.05) is 18.2 Å². The fourth-order valence-corrected chi connectivity index (χ4v) is 3.28. The predicted octanol–water partition coefficient (Wildman–Crippen LogP) is 2.72. The number of anilines is 2. The number of nitrogens with zero attached hydrogens (tertiary/aromatic N) is 2. The van der Waals surface area contributed by atoms with Gasteiger partial charge in [-0.3, -0.25) is 14.3 Å². The highest BCUT2D eigenvalue weighted by Crippen LogP contribution is 2.27. The van der Waals surface area contributed by atoms with Crippen molar-refractivity contribution in [3.63, 3.8) is 0 Å². The molecule has 30 heavy (non-hydrogen) atoms. The van der Waals surface area contributed by atoms with E-state index in [4.69, 9.17) is 9.47 Å². The highest BCUT2D eigenvalue weighted by Gasteiger charge is 2.26. The van der Waals surface area contributed by atoms with Crippen LogP contribution in [-0.4, -0.2) is 35.3 Å². The molecule has 154 valence electrons. The van der Waals surface area contributed by atoms with Crippen LogP contribution in [0.25, 0.3) is 0 Å². The summed E-state index contributed by atoms with van der Waals surface area (Å²) in [6.07, 6.45) is 3.78. The van der Waals surface area contributed by atoms with Crippen LogP contribution >= 0.6 is 0 Å². The first-order valence-corrected chi connectivity index (χ1v) is 9.58. The molecule has 0 fully saturated rings. The molecular formula is C22H22N4O4. The number of benzene rings is 2. The van der Waals surface area contributed by atoms with Gasteiger partial charge in [0.15, 0.2) is 0 Å². The van der Waals surface area contributed by atoms with Crippen LogP contribution < -0.4 is 20.1 Å². The minimum Gasteiger partial charge on any atom is -0.497 e. The van der Waals surface area contributed by atoms with Gasteiger partial charge in [-0.2, -0.15) is 5.10 Å². The van der Waals surface area contributed by atoms with Crippen molar-refractivity contribution in [2.75, 3.05) is 24.4 Å². The Morgan fingerprint density at radius 3 is 2.73 bits per heavy atom. The number of rotatable bonds is 6. The molecule has 1 atom stereocenters. The van der Waals surface area contributed by atoms with E-state index in [1.165, 1.54) is 10.9 Å². The van der Waals surface area contributed by atoms with Crippen molar-refractivity contribution in [3.05, 3.63) is 66.5 Å². The van der Waals surface area contributed by atoms with E-state index in [2.05, 4.69) is 15.7 Å². The van der Waals surface area contributed by atoms with Gasteiger partial charge in [0.05, 0.1) is 24.9 Å². The summed E-state index contributed by atoms with van der Waals surface area (Å²) >= 11 is 0.